The number of carbonyl (C=O) groups excluding carboxylic acids is 1. The molecule has 0 unspecified atom stereocenters. The summed E-state index contributed by atoms with van der Waals surface area (Å²) in [5.74, 6) is -0.773. The molecule has 1 aromatic rings. The SMILES string of the molecule is [2H]c1c([2H])c(N)c2c(c1[2H])C(=O)NC2([2H])[2H]. The van der Waals surface area contributed by atoms with Crippen molar-refractivity contribution in [3.63, 3.8) is 0 Å². The first-order valence-electron chi connectivity index (χ1n) is 5.49. The van der Waals surface area contributed by atoms with Crippen LogP contribution in [0.15, 0.2) is 18.1 Å². The molecule has 0 aliphatic carbocycles. The van der Waals surface area contributed by atoms with Gasteiger partial charge in [0.1, 0.15) is 0 Å². The minimum absolute atomic E-state index is 0.205. The average Bonchev–Trinajstić information content (AvgIpc) is 2.42. The first kappa shape index (κ1) is 2.85. The van der Waals surface area contributed by atoms with Gasteiger partial charge in [-0.25, -0.2) is 0 Å². The van der Waals surface area contributed by atoms with Gasteiger partial charge in [0.25, 0.3) is 5.91 Å². The standard InChI is InChI=1S/C8H8N2O/c9-7-3-1-2-5-6(7)4-10-8(5)11/h1-3H,4,9H2,(H,10,11)/i1D,2D,3D,4D2. The Morgan fingerprint density at radius 3 is 3.36 bits per heavy atom. The zero-order valence-electron chi connectivity index (χ0n) is 10.5. The second-order valence-electron chi connectivity index (χ2n) is 2.12. The molecule has 56 valence electrons. The first-order chi connectivity index (χ1) is 7.27. The van der Waals surface area contributed by atoms with E-state index in [9.17, 15) is 4.79 Å². The molecule has 0 spiro atoms. The lowest BCUT2D eigenvalue weighted by atomic mass is 10.1. The molecular weight excluding hydrogens is 140 g/mol. The molecule has 3 nitrogen and oxygen atoms in total. The van der Waals surface area contributed by atoms with Crippen molar-refractivity contribution in [2.75, 3.05) is 5.73 Å². The number of rotatable bonds is 0. The van der Waals surface area contributed by atoms with Crippen molar-refractivity contribution in [1.29, 1.82) is 0 Å². The highest BCUT2D eigenvalue weighted by Crippen LogP contribution is 2.20. The molecule has 3 heteroatoms. The first-order valence-corrected chi connectivity index (χ1v) is 2.99. The molecule has 2 rings (SSSR count). The van der Waals surface area contributed by atoms with Crippen LogP contribution in [-0.4, -0.2) is 5.91 Å². The largest absolute Gasteiger partial charge is 0.398 e. The van der Waals surface area contributed by atoms with E-state index in [4.69, 9.17) is 12.6 Å². The van der Waals surface area contributed by atoms with Crippen molar-refractivity contribution in [2.45, 2.75) is 6.50 Å². The molecule has 0 saturated heterocycles. The molecular formula is C8H8N2O. The fraction of sp³-hybridized carbons (Fsp3) is 0.125. The molecule has 0 saturated carbocycles. The summed E-state index contributed by atoms with van der Waals surface area (Å²) in [6, 6.07) is -1.36. The third-order valence-corrected chi connectivity index (χ3v) is 1.43. The van der Waals surface area contributed by atoms with E-state index in [1.807, 2.05) is 5.32 Å². The number of hydrogen-bond acceptors (Lipinski definition) is 2. The summed E-state index contributed by atoms with van der Waals surface area (Å²) in [5, 5.41) is 2.02. The second-order valence-corrected chi connectivity index (χ2v) is 2.12. The Hall–Kier alpha value is -1.51. The van der Waals surface area contributed by atoms with Crippen LogP contribution >= 0.6 is 0 Å². The summed E-state index contributed by atoms with van der Waals surface area (Å²) in [6.45, 7) is -2.18. The van der Waals surface area contributed by atoms with Gasteiger partial charge in [-0.05, 0) is 12.1 Å². The van der Waals surface area contributed by atoms with Crippen LogP contribution in [-0.2, 0) is 6.50 Å². The third kappa shape index (κ3) is 0.774. The Morgan fingerprint density at radius 2 is 2.55 bits per heavy atom. The number of anilines is 1. The molecule has 0 bridgehead atoms. The summed E-state index contributed by atoms with van der Waals surface area (Å²) in [6.07, 6.45) is 0. The molecule has 1 amide bonds. The minimum atomic E-state index is -2.18. The van der Waals surface area contributed by atoms with Gasteiger partial charge in [0.15, 0.2) is 0 Å². The number of carbonyl (C=O) groups is 1. The molecule has 1 aromatic carbocycles. The van der Waals surface area contributed by atoms with E-state index in [-0.39, 0.29) is 16.8 Å². The fourth-order valence-corrected chi connectivity index (χ4v) is 0.903. The lowest BCUT2D eigenvalue weighted by Crippen LogP contribution is -2.12. The van der Waals surface area contributed by atoms with E-state index in [0.717, 1.165) is 0 Å². The average molecular weight is 153 g/mol. The van der Waals surface area contributed by atoms with Gasteiger partial charge in [0, 0.05) is 23.3 Å². The van der Waals surface area contributed by atoms with Crippen molar-refractivity contribution in [2.24, 2.45) is 0 Å². The number of nitrogens with one attached hydrogen (secondary N) is 1. The number of benzene rings is 1. The highest BCUT2D eigenvalue weighted by atomic mass is 16.1. The van der Waals surface area contributed by atoms with Gasteiger partial charge in [-0.2, -0.15) is 0 Å². The van der Waals surface area contributed by atoms with Crippen molar-refractivity contribution in [3.05, 3.63) is 29.3 Å². The fourth-order valence-electron chi connectivity index (χ4n) is 0.903. The van der Waals surface area contributed by atoms with E-state index >= 15 is 0 Å². The van der Waals surface area contributed by atoms with Crippen molar-refractivity contribution in [3.8, 4) is 0 Å². The van der Waals surface area contributed by atoms with Gasteiger partial charge >= 0.3 is 0 Å². The zero-order chi connectivity index (χ0) is 12.2. The van der Waals surface area contributed by atoms with Gasteiger partial charge in [-0.15, -0.1) is 0 Å². The van der Waals surface area contributed by atoms with Crippen LogP contribution in [0.5, 0.6) is 0 Å². The van der Waals surface area contributed by atoms with Crippen molar-refractivity contribution in [1.82, 2.24) is 5.32 Å². The second kappa shape index (κ2) is 1.99. The summed E-state index contributed by atoms with van der Waals surface area (Å²) in [4.78, 5) is 11.4. The van der Waals surface area contributed by atoms with Crippen LogP contribution in [0, 0.1) is 0 Å². The summed E-state index contributed by atoms with van der Waals surface area (Å²) in [5.41, 5.74) is 4.80. The minimum Gasteiger partial charge on any atom is -0.398 e. The quantitative estimate of drug-likeness (QED) is 0.534. The number of amides is 1. The third-order valence-electron chi connectivity index (χ3n) is 1.43. The summed E-state index contributed by atoms with van der Waals surface area (Å²) < 4.78 is 37.5. The van der Waals surface area contributed by atoms with Crippen LogP contribution in [0.25, 0.3) is 0 Å². The van der Waals surface area contributed by atoms with Crippen LogP contribution in [0.4, 0.5) is 5.69 Å². The van der Waals surface area contributed by atoms with Gasteiger partial charge in [-0.3, -0.25) is 4.79 Å². The smallest absolute Gasteiger partial charge is 0.251 e. The highest BCUT2D eigenvalue weighted by molar-refractivity contribution is 5.99. The number of nitrogens with two attached hydrogens (primary N) is 1. The van der Waals surface area contributed by atoms with E-state index in [1.165, 1.54) is 0 Å². The molecule has 1 heterocycles. The summed E-state index contributed by atoms with van der Waals surface area (Å²) >= 11 is 0. The van der Waals surface area contributed by atoms with E-state index in [0.29, 0.717) is 0 Å². The Bertz CT molecular complexity index is 514. The Labute approximate surface area is 71.2 Å². The van der Waals surface area contributed by atoms with E-state index in [2.05, 4.69) is 0 Å². The van der Waals surface area contributed by atoms with E-state index < -0.39 is 30.5 Å². The lowest BCUT2D eigenvalue weighted by molar-refractivity contribution is 0.0966. The van der Waals surface area contributed by atoms with Gasteiger partial charge < -0.3 is 11.1 Å². The van der Waals surface area contributed by atoms with Crippen LogP contribution in [0.3, 0.4) is 0 Å². The molecule has 11 heavy (non-hydrogen) atoms. The molecule has 1 aliphatic rings. The lowest BCUT2D eigenvalue weighted by Gasteiger charge is -1.97. The topological polar surface area (TPSA) is 55.1 Å². The maximum absolute atomic E-state index is 11.4. The number of fused-ring (bicyclic) bond motifs is 1. The van der Waals surface area contributed by atoms with Crippen LogP contribution in [0.2, 0.25) is 0 Å². The Balaban J connectivity index is 2.91. The van der Waals surface area contributed by atoms with Gasteiger partial charge in [-0.1, -0.05) is 6.04 Å². The predicted molar refractivity (Wildman–Crippen MR) is 42.0 cm³/mol. The Morgan fingerprint density at radius 1 is 1.73 bits per heavy atom. The zero-order valence-corrected chi connectivity index (χ0v) is 5.49. The van der Waals surface area contributed by atoms with Crippen LogP contribution in [0.1, 0.15) is 22.8 Å². The molecule has 0 atom stereocenters. The van der Waals surface area contributed by atoms with Crippen molar-refractivity contribution < 1.29 is 11.6 Å². The van der Waals surface area contributed by atoms with Gasteiger partial charge in [0.2, 0.25) is 0 Å². The molecule has 0 fully saturated rings. The van der Waals surface area contributed by atoms with Crippen LogP contribution < -0.4 is 11.1 Å². The Kier molecular flexibility index (Phi) is 0.514. The maximum atomic E-state index is 11.4. The highest BCUT2D eigenvalue weighted by Gasteiger charge is 2.19. The molecule has 0 aromatic heterocycles. The van der Waals surface area contributed by atoms with Crippen molar-refractivity contribution >= 4 is 11.6 Å². The monoisotopic (exact) mass is 153 g/mol. The number of nitrogen functional groups attached to an aromatic ring is 1. The summed E-state index contributed by atoms with van der Waals surface area (Å²) in [7, 11) is 0. The molecule has 1 aliphatic heterocycles. The molecule has 0 radical (unpaired) electrons. The van der Waals surface area contributed by atoms with Gasteiger partial charge in [0.05, 0.1) is 6.85 Å². The number of hydrogen-bond donors (Lipinski definition) is 2. The normalized spacial score (nSPS) is 25.5. The predicted octanol–water partition coefficient (Wildman–Crippen LogP) is 0.512. The van der Waals surface area contributed by atoms with E-state index in [1.54, 1.807) is 0 Å². The maximum Gasteiger partial charge on any atom is 0.251 e. The molecule has 3 N–H and O–H groups in total.